The van der Waals surface area contributed by atoms with Crippen molar-refractivity contribution in [3.8, 4) is 0 Å². The quantitative estimate of drug-likeness (QED) is 0.824. The molecule has 7 heteroatoms. The van der Waals surface area contributed by atoms with Gasteiger partial charge in [0.2, 0.25) is 0 Å². The van der Waals surface area contributed by atoms with Crippen LogP contribution in [0.3, 0.4) is 0 Å². The first kappa shape index (κ1) is 19.6. The number of benzene rings is 1. The zero-order valence-electron chi connectivity index (χ0n) is 16.4. The smallest absolute Gasteiger partial charge is 0.319 e. The van der Waals surface area contributed by atoms with Gasteiger partial charge in [-0.3, -0.25) is 4.79 Å². The van der Waals surface area contributed by atoms with Gasteiger partial charge in [-0.25, -0.2) is 4.79 Å². The van der Waals surface area contributed by atoms with Crippen LogP contribution in [0.15, 0.2) is 24.3 Å². The number of carbonyl (C=O) groups excluding carboxylic acids is 2. The highest BCUT2D eigenvalue weighted by Gasteiger charge is 2.21. The molecule has 7 nitrogen and oxygen atoms in total. The van der Waals surface area contributed by atoms with Gasteiger partial charge in [0.1, 0.15) is 0 Å². The molecule has 3 amide bonds. The van der Waals surface area contributed by atoms with E-state index in [9.17, 15) is 9.59 Å². The second-order valence-corrected chi connectivity index (χ2v) is 7.62. The van der Waals surface area contributed by atoms with Gasteiger partial charge in [0.05, 0.1) is 0 Å². The Morgan fingerprint density at radius 3 is 2.59 bits per heavy atom. The Labute approximate surface area is 161 Å². The second-order valence-electron chi connectivity index (χ2n) is 7.62. The van der Waals surface area contributed by atoms with E-state index in [1.54, 1.807) is 12.1 Å². The molecule has 2 fully saturated rings. The van der Waals surface area contributed by atoms with Gasteiger partial charge in [-0.1, -0.05) is 6.07 Å². The van der Waals surface area contributed by atoms with Crippen LogP contribution in [-0.2, 0) is 0 Å². The molecule has 27 heavy (non-hydrogen) atoms. The highest BCUT2D eigenvalue weighted by Crippen LogP contribution is 2.17. The number of rotatable bonds is 5. The molecule has 148 valence electrons. The van der Waals surface area contributed by atoms with Crippen molar-refractivity contribution in [2.45, 2.75) is 25.3 Å². The fourth-order valence-corrected chi connectivity index (χ4v) is 3.79. The summed E-state index contributed by atoms with van der Waals surface area (Å²) >= 11 is 0. The van der Waals surface area contributed by atoms with Gasteiger partial charge >= 0.3 is 6.03 Å². The zero-order valence-corrected chi connectivity index (χ0v) is 16.4. The number of carbonyl (C=O) groups is 2. The van der Waals surface area contributed by atoms with Gasteiger partial charge in [-0.05, 0) is 58.1 Å². The number of amides is 3. The Morgan fingerprint density at radius 1 is 1.11 bits per heavy atom. The van der Waals surface area contributed by atoms with Gasteiger partial charge in [-0.15, -0.1) is 0 Å². The van der Waals surface area contributed by atoms with Crippen LogP contribution in [0.4, 0.5) is 10.5 Å². The molecule has 0 spiro atoms. The fourth-order valence-electron chi connectivity index (χ4n) is 3.79. The Bertz CT molecular complexity index is 658. The molecule has 0 unspecified atom stereocenters. The van der Waals surface area contributed by atoms with Crippen LogP contribution in [0.5, 0.6) is 0 Å². The summed E-state index contributed by atoms with van der Waals surface area (Å²) in [5, 5.41) is 5.76. The van der Waals surface area contributed by atoms with Gasteiger partial charge in [0, 0.05) is 50.0 Å². The predicted octanol–water partition coefficient (Wildman–Crippen LogP) is 1.68. The van der Waals surface area contributed by atoms with E-state index >= 15 is 0 Å². The monoisotopic (exact) mass is 373 g/mol. The Hall–Kier alpha value is -2.12. The van der Waals surface area contributed by atoms with Crippen molar-refractivity contribution in [2.24, 2.45) is 0 Å². The summed E-state index contributed by atoms with van der Waals surface area (Å²) in [4.78, 5) is 31.3. The highest BCUT2D eigenvalue weighted by molar-refractivity contribution is 5.97. The fraction of sp³-hybridized carbons (Fsp3) is 0.600. The van der Waals surface area contributed by atoms with Crippen LogP contribution in [0.2, 0.25) is 0 Å². The average Bonchev–Trinajstić information content (AvgIpc) is 3.07. The lowest BCUT2D eigenvalue weighted by Crippen LogP contribution is -2.47. The van der Waals surface area contributed by atoms with Crippen molar-refractivity contribution < 1.29 is 9.59 Å². The lowest BCUT2D eigenvalue weighted by Gasteiger charge is -2.32. The van der Waals surface area contributed by atoms with Gasteiger partial charge in [0.25, 0.3) is 5.91 Å². The molecule has 2 heterocycles. The molecule has 0 saturated carbocycles. The highest BCUT2D eigenvalue weighted by atomic mass is 16.2. The van der Waals surface area contributed by atoms with E-state index in [0.717, 1.165) is 39.1 Å². The number of urea groups is 1. The third-order valence-electron chi connectivity index (χ3n) is 5.59. The minimum atomic E-state index is -0.222. The standard InChI is InChI=1S/C20H31N5O2/c1-23-11-13-25(14-12-23)19(26)16-5-3-6-17(15-16)22-20(27)21-9-8-18-7-4-10-24(18)2/h3,5-6,15,18H,4,7-14H2,1-2H3,(H2,21,22,27)/t18-/m1/s1. The second kappa shape index (κ2) is 9.19. The molecule has 2 N–H and O–H groups in total. The minimum absolute atomic E-state index is 0.0245. The predicted molar refractivity (Wildman–Crippen MR) is 107 cm³/mol. The van der Waals surface area contributed by atoms with E-state index in [-0.39, 0.29) is 11.9 Å². The maximum Gasteiger partial charge on any atom is 0.319 e. The average molecular weight is 374 g/mol. The molecule has 2 saturated heterocycles. The number of anilines is 1. The van der Waals surface area contributed by atoms with E-state index in [0.29, 0.717) is 23.8 Å². The summed E-state index contributed by atoms with van der Waals surface area (Å²) in [5.41, 5.74) is 1.26. The summed E-state index contributed by atoms with van der Waals surface area (Å²) in [5.74, 6) is 0.0245. The van der Waals surface area contributed by atoms with E-state index < -0.39 is 0 Å². The summed E-state index contributed by atoms with van der Waals surface area (Å²) in [6.07, 6.45) is 3.41. The molecule has 2 aliphatic rings. The molecular formula is C20H31N5O2. The van der Waals surface area contributed by atoms with Crippen molar-refractivity contribution in [1.29, 1.82) is 0 Å². The summed E-state index contributed by atoms with van der Waals surface area (Å²) in [6.45, 7) is 5.06. The number of piperazine rings is 1. The molecule has 3 rings (SSSR count). The van der Waals surface area contributed by atoms with Gasteiger partial charge < -0.3 is 25.3 Å². The maximum atomic E-state index is 12.7. The van der Waals surface area contributed by atoms with Crippen LogP contribution >= 0.6 is 0 Å². The van der Waals surface area contributed by atoms with Crippen LogP contribution in [0.1, 0.15) is 29.6 Å². The SMILES string of the molecule is CN1CCN(C(=O)c2cccc(NC(=O)NCC[C@H]3CCCN3C)c2)CC1. The molecule has 0 aromatic heterocycles. The van der Waals surface area contributed by atoms with Crippen molar-refractivity contribution in [1.82, 2.24) is 20.0 Å². The van der Waals surface area contributed by atoms with Crippen LogP contribution in [-0.4, -0.2) is 86.0 Å². The van der Waals surface area contributed by atoms with Gasteiger partial charge in [-0.2, -0.15) is 0 Å². The Kier molecular flexibility index (Phi) is 6.68. The van der Waals surface area contributed by atoms with Crippen molar-refractivity contribution in [3.63, 3.8) is 0 Å². The van der Waals surface area contributed by atoms with E-state index in [2.05, 4.69) is 34.5 Å². The molecule has 1 aromatic carbocycles. The molecule has 0 aliphatic carbocycles. The van der Waals surface area contributed by atoms with Crippen LogP contribution in [0, 0.1) is 0 Å². The molecule has 1 atom stereocenters. The molecule has 0 radical (unpaired) electrons. The van der Waals surface area contributed by atoms with Crippen LogP contribution < -0.4 is 10.6 Å². The minimum Gasteiger partial charge on any atom is -0.338 e. The largest absolute Gasteiger partial charge is 0.338 e. The van der Waals surface area contributed by atoms with Gasteiger partial charge in [0.15, 0.2) is 0 Å². The van der Waals surface area contributed by atoms with E-state index in [1.165, 1.54) is 12.8 Å². The summed E-state index contributed by atoms with van der Waals surface area (Å²) in [7, 11) is 4.20. The number of hydrogen-bond acceptors (Lipinski definition) is 4. The number of likely N-dealkylation sites (tertiary alicyclic amines) is 1. The Morgan fingerprint density at radius 2 is 1.89 bits per heavy atom. The maximum absolute atomic E-state index is 12.7. The van der Waals surface area contributed by atoms with Crippen molar-refractivity contribution in [2.75, 3.05) is 58.7 Å². The van der Waals surface area contributed by atoms with E-state index in [4.69, 9.17) is 0 Å². The Balaban J connectivity index is 1.48. The molecule has 1 aromatic rings. The van der Waals surface area contributed by atoms with Crippen molar-refractivity contribution >= 4 is 17.6 Å². The first-order valence-electron chi connectivity index (χ1n) is 9.86. The normalized spacial score (nSPS) is 21.3. The molecule has 0 bridgehead atoms. The molecular weight excluding hydrogens is 342 g/mol. The first-order chi connectivity index (χ1) is 13.0. The summed E-state index contributed by atoms with van der Waals surface area (Å²) in [6, 6.07) is 7.52. The topological polar surface area (TPSA) is 67.9 Å². The lowest BCUT2D eigenvalue weighted by molar-refractivity contribution is 0.0664. The number of nitrogens with one attached hydrogen (secondary N) is 2. The third-order valence-corrected chi connectivity index (χ3v) is 5.59. The van der Waals surface area contributed by atoms with Crippen molar-refractivity contribution in [3.05, 3.63) is 29.8 Å². The third kappa shape index (κ3) is 5.43. The zero-order chi connectivity index (χ0) is 19.2. The van der Waals surface area contributed by atoms with Crippen LogP contribution in [0.25, 0.3) is 0 Å². The number of likely N-dealkylation sites (N-methyl/N-ethyl adjacent to an activating group) is 1. The first-order valence-corrected chi connectivity index (χ1v) is 9.86. The number of nitrogens with zero attached hydrogens (tertiary/aromatic N) is 3. The molecule has 2 aliphatic heterocycles. The lowest BCUT2D eigenvalue weighted by atomic mass is 10.1. The number of hydrogen-bond donors (Lipinski definition) is 2. The summed E-state index contributed by atoms with van der Waals surface area (Å²) < 4.78 is 0. The van der Waals surface area contributed by atoms with E-state index in [1.807, 2.05) is 17.0 Å².